The zero-order chi connectivity index (χ0) is 20.7. The zero-order valence-electron chi connectivity index (χ0n) is 16.8. The van der Waals surface area contributed by atoms with E-state index in [9.17, 15) is 13.2 Å². The number of rotatable bonds is 9. The van der Waals surface area contributed by atoms with Gasteiger partial charge in [0.25, 0.3) is 5.91 Å². The van der Waals surface area contributed by atoms with E-state index in [4.69, 9.17) is 4.74 Å². The second-order valence-electron chi connectivity index (χ2n) is 6.93. The van der Waals surface area contributed by atoms with Gasteiger partial charge in [0.2, 0.25) is 10.0 Å². The minimum Gasteiger partial charge on any atom is -0.494 e. The predicted octanol–water partition coefficient (Wildman–Crippen LogP) is 3.29. The summed E-state index contributed by atoms with van der Waals surface area (Å²) in [6.45, 7) is 7.01. The quantitative estimate of drug-likeness (QED) is 0.696. The van der Waals surface area contributed by atoms with Crippen LogP contribution in [0.5, 0.6) is 5.75 Å². The van der Waals surface area contributed by atoms with Crippen molar-refractivity contribution in [1.82, 2.24) is 9.62 Å². The van der Waals surface area contributed by atoms with Crippen LogP contribution in [0.3, 0.4) is 0 Å². The lowest BCUT2D eigenvalue weighted by Gasteiger charge is -2.20. The molecular weight excluding hydrogens is 376 g/mol. The summed E-state index contributed by atoms with van der Waals surface area (Å²) in [5.74, 6) is 0.720. The Hall–Kier alpha value is -2.38. The number of ether oxygens (including phenoxy) is 1. The van der Waals surface area contributed by atoms with Gasteiger partial charge in [0.15, 0.2) is 0 Å². The number of carbonyl (C=O) groups excluding carboxylic acids is 1. The van der Waals surface area contributed by atoms with Crippen molar-refractivity contribution in [3.8, 4) is 5.75 Å². The summed E-state index contributed by atoms with van der Waals surface area (Å²) >= 11 is 0. The number of amides is 1. The average Bonchev–Trinajstić information content (AvgIpc) is 2.68. The van der Waals surface area contributed by atoms with Crippen LogP contribution in [0.4, 0.5) is 0 Å². The van der Waals surface area contributed by atoms with Crippen LogP contribution in [0.1, 0.15) is 36.7 Å². The first-order chi connectivity index (χ1) is 13.3. The maximum Gasteiger partial charge on any atom is 0.251 e. The molecule has 0 radical (unpaired) electrons. The lowest BCUT2D eigenvalue weighted by atomic mass is 10.1. The van der Waals surface area contributed by atoms with Crippen LogP contribution in [0, 0.1) is 5.92 Å². The van der Waals surface area contributed by atoms with Crippen LogP contribution in [0.2, 0.25) is 0 Å². The van der Waals surface area contributed by atoms with Crippen LogP contribution in [0.25, 0.3) is 0 Å². The normalized spacial score (nSPS) is 11.6. The number of hydrogen-bond donors (Lipinski definition) is 1. The minimum atomic E-state index is -3.65. The molecule has 1 N–H and O–H groups in total. The van der Waals surface area contributed by atoms with E-state index in [-0.39, 0.29) is 17.3 Å². The highest BCUT2D eigenvalue weighted by molar-refractivity contribution is 7.89. The van der Waals surface area contributed by atoms with Gasteiger partial charge < -0.3 is 10.1 Å². The monoisotopic (exact) mass is 404 g/mol. The lowest BCUT2D eigenvalue weighted by molar-refractivity contribution is 0.0949. The van der Waals surface area contributed by atoms with Gasteiger partial charge in [-0.1, -0.05) is 32.0 Å². The number of benzene rings is 2. The standard InChI is InChI=1S/C21H28N2O4S/c1-5-27-20-12-11-17(21(24)22-14-16(2)3)13-18(20)15-23(4)28(25,26)19-9-7-6-8-10-19/h6-13,16H,5,14-15H2,1-4H3,(H,22,24). The van der Waals surface area contributed by atoms with Gasteiger partial charge in [0.05, 0.1) is 11.5 Å². The fourth-order valence-corrected chi connectivity index (χ4v) is 3.81. The molecule has 6 nitrogen and oxygen atoms in total. The third-order valence-corrected chi connectivity index (χ3v) is 5.96. The van der Waals surface area contributed by atoms with Gasteiger partial charge >= 0.3 is 0 Å². The van der Waals surface area contributed by atoms with Gasteiger partial charge in [-0.05, 0) is 43.2 Å². The molecule has 152 valence electrons. The van der Waals surface area contributed by atoms with Crippen molar-refractivity contribution in [3.05, 3.63) is 59.7 Å². The highest BCUT2D eigenvalue weighted by Crippen LogP contribution is 2.24. The summed E-state index contributed by atoms with van der Waals surface area (Å²) in [5.41, 5.74) is 1.12. The first-order valence-electron chi connectivity index (χ1n) is 9.31. The molecule has 0 bridgehead atoms. The van der Waals surface area contributed by atoms with Gasteiger partial charge in [-0.15, -0.1) is 0 Å². The molecule has 2 rings (SSSR count). The van der Waals surface area contributed by atoms with Crippen molar-refractivity contribution in [1.29, 1.82) is 0 Å². The molecule has 0 spiro atoms. The molecule has 28 heavy (non-hydrogen) atoms. The van der Waals surface area contributed by atoms with Crippen LogP contribution in [0.15, 0.2) is 53.4 Å². The SMILES string of the molecule is CCOc1ccc(C(=O)NCC(C)C)cc1CN(C)S(=O)(=O)c1ccccc1. The Morgan fingerprint density at radius 1 is 1.14 bits per heavy atom. The Balaban J connectivity index is 2.29. The van der Waals surface area contributed by atoms with Crippen LogP contribution < -0.4 is 10.1 Å². The zero-order valence-corrected chi connectivity index (χ0v) is 17.6. The van der Waals surface area contributed by atoms with E-state index in [0.717, 1.165) is 0 Å². The number of sulfonamides is 1. The summed E-state index contributed by atoms with van der Waals surface area (Å²) in [7, 11) is -2.13. The van der Waals surface area contributed by atoms with Crippen LogP contribution in [-0.2, 0) is 16.6 Å². The molecule has 0 saturated carbocycles. The first-order valence-corrected chi connectivity index (χ1v) is 10.7. The van der Waals surface area contributed by atoms with E-state index >= 15 is 0 Å². The van der Waals surface area contributed by atoms with Crippen molar-refractivity contribution in [3.63, 3.8) is 0 Å². The van der Waals surface area contributed by atoms with Crippen molar-refractivity contribution >= 4 is 15.9 Å². The molecule has 0 aliphatic heterocycles. The molecule has 0 aliphatic carbocycles. The van der Waals surface area contributed by atoms with Gasteiger partial charge in [0.1, 0.15) is 5.75 Å². The molecule has 2 aromatic carbocycles. The molecule has 0 unspecified atom stereocenters. The molecule has 1 amide bonds. The molecule has 0 aromatic heterocycles. The highest BCUT2D eigenvalue weighted by atomic mass is 32.2. The molecule has 0 saturated heterocycles. The van der Waals surface area contributed by atoms with Crippen LogP contribution >= 0.6 is 0 Å². The van der Waals surface area contributed by atoms with E-state index < -0.39 is 10.0 Å². The summed E-state index contributed by atoms with van der Waals surface area (Å²) in [6, 6.07) is 13.4. The van der Waals surface area contributed by atoms with E-state index in [1.54, 1.807) is 48.5 Å². The molecule has 0 heterocycles. The molecular formula is C21H28N2O4S. The Bertz CT molecular complexity index is 896. The summed E-state index contributed by atoms with van der Waals surface area (Å²) < 4.78 is 32.5. The second kappa shape index (κ2) is 9.71. The maximum absolute atomic E-state index is 12.8. The molecule has 2 aromatic rings. The second-order valence-corrected chi connectivity index (χ2v) is 8.98. The first kappa shape index (κ1) is 21.9. The van der Waals surface area contributed by atoms with Gasteiger partial charge in [-0.25, -0.2) is 8.42 Å². The molecule has 0 aliphatic rings. The van der Waals surface area contributed by atoms with Crippen LogP contribution in [-0.4, -0.2) is 38.8 Å². The minimum absolute atomic E-state index is 0.0951. The van der Waals surface area contributed by atoms with Gasteiger partial charge in [-0.3, -0.25) is 4.79 Å². The Kier molecular flexibility index (Phi) is 7.60. The van der Waals surface area contributed by atoms with E-state index in [2.05, 4.69) is 5.32 Å². The largest absolute Gasteiger partial charge is 0.494 e. The van der Waals surface area contributed by atoms with E-state index in [1.807, 2.05) is 20.8 Å². The van der Waals surface area contributed by atoms with Crippen molar-refractivity contribution in [2.24, 2.45) is 5.92 Å². The summed E-state index contributed by atoms with van der Waals surface area (Å²) in [4.78, 5) is 12.6. The number of nitrogens with one attached hydrogen (secondary N) is 1. The number of carbonyl (C=O) groups is 1. The maximum atomic E-state index is 12.8. The lowest BCUT2D eigenvalue weighted by Crippen LogP contribution is -2.28. The summed E-state index contributed by atoms with van der Waals surface area (Å²) in [5, 5.41) is 2.87. The summed E-state index contributed by atoms with van der Waals surface area (Å²) in [6.07, 6.45) is 0. The third kappa shape index (κ3) is 5.56. The fourth-order valence-electron chi connectivity index (χ4n) is 2.64. The van der Waals surface area contributed by atoms with Crippen molar-refractivity contribution in [2.75, 3.05) is 20.2 Å². The molecule has 7 heteroatoms. The van der Waals surface area contributed by atoms with Crippen molar-refractivity contribution < 1.29 is 17.9 Å². The van der Waals surface area contributed by atoms with Gasteiger partial charge in [-0.2, -0.15) is 4.31 Å². The predicted molar refractivity (Wildman–Crippen MR) is 110 cm³/mol. The van der Waals surface area contributed by atoms with E-state index in [0.29, 0.717) is 35.9 Å². The number of nitrogens with zero attached hydrogens (tertiary/aromatic N) is 1. The Labute approximate surface area is 167 Å². The number of hydrogen-bond acceptors (Lipinski definition) is 4. The molecule has 0 fully saturated rings. The highest BCUT2D eigenvalue weighted by Gasteiger charge is 2.22. The van der Waals surface area contributed by atoms with E-state index in [1.165, 1.54) is 11.4 Å². The Morgan fingerprint density at radius 3 is 2.43 bits per heavy atom. The third-order valence-electron chi connectivity index (χ3n) is 4.14. The topological polar surface area (TPSA) is 75.7 Å². The Morgan fingerprint density at radius 2 is 1.82 bits per heavy atom. The van der Waals surface area contributed by atoms with Gasteiger partial charge in [0, 0.05) is 31.3 Å². The van der Waals surface area contributed by atoms with Crippen molar-refractivity contribution in [2.45, 2.75) is 32.2 Å². The fraction of sp³-hybridized carbons (Fsp3) is 0.381. The molecule has 0 atom stereocenters. The average molecular weight is 405 g/mol. The smallest absolute Gasteiger partial charge is 0.251 e.